The van der Waals surface area contributed by atoms with Gasteiger partial charge in [-0.1, -0.05) is 0 Å². The van der Waals surface area contributed by atoms with Crippen LogP contribution in [0.15, 0.2) is 84.9 Å². The number of benzene rings is 4. The number of ether oxygens (including phenoxy) is 1. The molecule has 0 spiro atoms. The molecule has 0 radical (unpaired) electrons. The second-order valence-electron chi connectivity index (χ2n) is 19.8. The molecule has 4 aromatic rings. The molecule has 2 unspecified atom stereocenters. The van der Waals surface area contributed by atoms with E-state index in [4.69, 9.17) is 4.74 Å². The molecule has 2 atom stereocenters. The molecular weight excluding hydrogens is 748 g/mol. The molecule has 4 bridgehead atoms. The van der Waals surface area contributed by atoms with Gasteiger partial charge in [0.2, 0.25) is 0 Å². The van der Waals surface area contributed by atoms with E-state index >= 15 is 0 Å². The molecular formula is C51H64OSiZr. The van der Waals surface area contributed by atoms with E-state index in [1.165, 1.54) is 58.7 Å². The van der Waals surface area contributed by atoms with Crippen LogP contribution in [0.4, 0.5) is 0 Å². The summed E-state index contributed by atoms with van der Waals surface area (Å²) in [6.07, 6.45) is 4.88. The summed E-state index contributed by atoms with van der Waals surface area (Å²) >= 11 is -1.16. The fraction of sp³-hybridized carbons (Fsp3) is 0.451. The predicted octanol–water partition coefficient (Wildman–Crippen LogP) is 14.2. The van der Waals surface area contributed by atoms with Gasteiger partial charge in [-0.3, -0.25) is 0 Å². The van der Waals surface area contributed by atoms with Crippen molar-refractivity contribution in [1.29, 1.82) is 0 Å². The molecule has 1 heterocycles. The molecule has 3 heteroatoms. The number of allylic oxidation sites excluding steroid dienone is 2. The van der Waals surface area contributed by atoms with Crippen molar-refractivity contribution in [3.05, 3.63) is 141 Å². The van der Waals surface area contributed by atoms with E-state index in [2.05, 4.69) is 168 Å². The zero-order chi connectivity index (χ0) is 38.8. The second-order valence-corrected chi connectivity index (χ2v) is 27.6. The van der Waals surface area contributed by atoms with Gasteiger partial charge in [-0.15, -0.1) is 0 Å². The molecule has 0 N–H and O–H groups in total. The van der Waals surface area contributed by atoms with Gasteiger partial charge in [-0.2, -0.15) is 0 Å². The minimum absolute atomic E-state index is 0.0692. The molecule has 4 aromatic carbocycles. The van der Waals surface area contributed by atoms with E-state index in [0.717, 1.165) is 13.0 Å². The Kier molecular flexibility index (Phi) is 10.8. The van der Waals surface area contributed by atoms with Crippen LogP contribution in [0.3, 0.4) is 0 Å². The van der Waals surface area contributed by atoms with Crippen molar-refractivity contribution in [3.8, 4) is 0 Å². The standard InChI is InChI=1S/C51H64OSi.Zr/c1-35-31-39(49(3,4)5)25-27-41(35)45-33-37-21-15-17-23-43(37)47(45)53(12,30-20-14-13-19-29-52-51(9,10)11)48-44-24-18-16-22-38(44)34-46(48)42-28-26-40(32-36(42)2)50(6,7)8;/h15-18,21-28,31-34H,13-14,19-20,29-30H2,1-12H3;. The first-order chi connectivity index (χ1) is 25.4. The molecule has 0 fully saturated rings. The van der Waals surface area contributed by atoms with Crippen LogP contribution in [0.1, 0.15) is 151 Å². The van der Waals surface area contributed by atoms with Crippen LogP contribution in [0.25, 0.3) is 21.5 Å². The molecule has 3 aliphatic rings. The van der Waals surface area contributed by atoms with E-state index in [-0.39, 0.29) is 16.4 Å². The molecule has 0 aromatic heterocycles. The number of aryl methyl sites for hydroxylation is 2. The van der Waals surface area contributed by atoms with Crippen molar-refractivity contribution in [3.63, 3.8) is 0 Å². The Morgan fingerprint density at radius 1 is 0.556 bits per heavy atom. The Hall–Kier alpha value is -2.58. The predicted molar refractivity (Wildman–Crippen MR) is 232 cm³/mol. The zero-order valence-electron chi connectivity index (χ0n) is 35.4. The van der Waals surface area contributed by atoms with Gasteiger partial charge in [-0.05, 0) is 20.8 Å². The Morgan fingerprint density at radius 3 is 1.43 bits per heavy atom. The van der Waals surface area contributed by atoms with E-state index in [0.29, 0.717) is 7.25 Å². The molecule has 7 rings (SSSR count). The Morgan fingerprint density at radius 2 is 1.00 bits per heavy atom. The minimum Gasteiger partial charge on any atom is -0.0364 e. The first kappa shape index (κ1) is 39.6. The normalized spacial score (nSPS) is 20.8. The summed E-state index contributed by atoms with van der Waals surface area (Å²) in [4.78, 5) is 0. The summed E-state index contributed by atoms with van der Waals surface area (Å²) in [5.41, 5.74) is 18.9. The minimum atomic E-state index is -2.38. The average molecular weight is 812 g/mol. The van der Waals surface area contributed by atoms with Crippen molar-refractivity contribution in [2.75, 3.05) is 6.61 Å². The maximum atomic E-state index is 6.14. The van der Waals surface area contributed by atoms with Crippen LogP contribution in [0.2, 0.25) is 12.6 Å². The van der Waals surface area contributed by atoms with Crippen molar-refractivity contribution in [2.24, 2.45) is 0 Å². The second kappa shape index (κ2) is 14.7. The van der Waals surface area contributed by atoms with Crippen molar-refractivity contribution < 1.29 is 28.0 Å². The van der Waals surface area contributed by atoms with Gasteiger partial charge in [0.05, 0.1) is 0 Å². The summed E-state index contributed by atoms with van der Waals surface area (Å²) in [6, 6.07) is 35.7. The summed E-state index contributed by atoms with van der Waals surface area (Å²) in [5.74, 6) is 0. The molecule has 0 amide bonds. The third kappa shape index (κ3) is 7.37. The van der Waals surface area contributed by atoms with Crippen molar-refractivity contribution in [2.45, 2.75) is 138 Å². The number of unbranched alkanes of at least 4 members (excludes halogenated alkanes) is 3. The third-order valence-corrected chi connectivity index (χ3v) is 21.7. The molecule has 0 saturated carbocycles. The van der Waals surface area contributed by atoms with E-state index < -0.39 is 31.3 Å². The summed E-state index contributed by atoms with van der Waals surface area (Å²) in [7, 11) is -2.38. The Balaban J connectivity index is 1.46. The molecule has 2 aliphatic carbocycles. The molecule has 1 aliphatic heterocycles. The fourth-order valence-electron chi connectivity index (χ4n) is 9.68. The van der Waals surface area contributed by atoms with Gasteiger partial charge >= 0.3 is 322 Å². The number of hydrogen-bond acceptors (Lipinski definition) is 1. The average Bonchev–Trinajstić information content (AvgIpc) is 3.61. The smallest absolute Gasteiger partial charge is 0.0364 e. The summed E-state index contributed by atoms with van der Waals surface area (Å²) < 4.78 is 7.20. The van der Waals surface area contributed by atoms with E-state index in [9.17, 15) is 0 Å². The Labute approximate surface area is 340 Å². The molecule has 0 saturated heterocycles. The van der Waals surface area contributed by atoms with Crippen LogP contribution < -0.4 is 0 Å². The monoisotopic (exact) mass is 810 g/mol. The maximum absolute atomic E-state index is 6.14. The van der Waals surface area contributed by atoms with Crippen LogP contribution in [0, 0.1) is 13.8 Å². The number of fused-ring (bicyclic) bond motifs is 8. The molecule has 1 nitrogen and oxygen atoms in total. The number of rotatable bonds is 9. The SMILES string of the molecule is Cc1cc(C(C)(C)C)ccc1C1=C2c3ccccc3[CH]1[Zr][CH]1C(c3ccc(C(C)(C)C)cc3C)=C(c3ccccc31)[Si]2(C)CCCCCCOC(C)(C)C. The first-order valence-corrected chi connectivity index (χ1v) is 26.3. The van der Waals surface area contributed by atoms with E-state index in [1.54, 1.807) is 43.8 Å². The van der Waals surface area contributed by atoms with Crippen LogP contribution in [-0.4, -0.2) is 20.3 Å². The van der Waals surface area contributed by atoms with Gasteiger partial charge < -0.3 is 0 Å². The van der Waals surface area contributed by atoms with Gasteiger partial charge in [-0.25, -0.2) is 0 Å². The van der Waals surface area contributed by atoms with Crippen molar-refractivity contribution in [1.82, 2.24) is 0 Å². The van der Waals surface area contributed by atoms with Crippen LogP contribution in [-0.2, 0) is 38.8 Å². The zero-order valence-corrected chi connectivity index (χ0v) is 38.8. The van der Waals surface area contributed by atoms with Gasteiger partial charge in [0.15, 0.2) is 0 Å². The molecule has 282 valence electrons. The fourth-order valence-corrected chi connectivity index (χ4v) is 20.7. The summed E-state index contributed by atoms with van der Waals surface area (Å²) in [5, 5.41) is 3.52. The van der Waals surface area contributed by atoms with Crippen LogP contribution >= 0.6 is 0 Å². The number of hydrogen-bond donors (Lipinski definition) is 0. The van der Waals surface area contributed by atoms with Crippen LogP contribution in [0.5, 0.6) is 0 Å². The molecule has 54 heavy (non-hydrogen) atoms. The van der Waals surface area contributed by atoms with E-state index in [1.807, 2.05) is 0 Å². The van der Waals surface area contributed by atoms with Crippen molar-refractivity contribution >= 4 is 29.6 Å². The summed E-state index contributed by atoms with van der Waals surface area (Å²) in [6.45, 7) is 29.1. The topological polar surface area (TPSA) is 9.23 Å². The first-order valence-electron chi connectivity index (χ1n) is 20.7. The quantitative estimate of drug-likeness (QED) is 0.121. The van der Waals surface area contributed by atoms with Gasteiger partial charge in [0.25, 0.3) is 0 Å². The third-order valence-electron chi connectivity index (χ3n) is 12.5. The van der Waals surface area contributed by atoms with Gasteiger partial charge in [0, 0.05) is 0 Å². The van der Waals surface area contributed by atoms with Gasteiger partial charge in [0.1, 0.15) is 0 Å². The Bertz CT molecular complexity index is 1990.